The number of carbonyl (C=O) groups is 2. The Hall–Kier alpha value is -1.37. The normalized spacial score (nSPS) is 9.95. The molecule has 0 spiro atoms. The second kappa shape index (κ2) is 9.61. The summed E-state index contributed by atoms with van der Waals surface area (Å²) in [4.78, 5) is 22.7. The highest BCUT2D eigenvalue weighted by Gasteiger charge is 2.09. The van der Waals surface area contributed by atoms with Crippen molar-refractivity contribution in [3.63, 3.8) is 0 Å². The first-order valence-corrected chi connectivity index (χ1v) is 7.76. The molecule has 0 aromatic heterocycles. The molecule has 0 unspecified atom stereocenters. The molecule has 22 heavy (non-hydrogen) atoms. The van der Waals surface area contributed by atoms with Gasteiger partial charge in [-0.2, -0.15) is 0 Å². The molecule has 0 saturated heterocycles. The minimum Gasteiger partial charge on any atom is -0.466 e. The van der Waals surface area contributed by atoms with E-state index in [0.717, 1.165) is 5.56 Å². The van der Waals surface area contributed by atoms with Crippen LogP contribution in [-0.2, 0) is 20.9 Å². The third-order valence-corrected chi connectivity index (χ3v) is 3.40. The van der Waals surface area contributed by atoms with E-state index in [1.807, 2.05) is 0 Å². The highest BCUT2D eigenvalue weighted by Crippen LogP contribution is 2.20. The third-order valence-electron chi connectivity index (χ3n) is 2.57. The van der Waals surface area contributed by atoms with Crippen LogP contribution in [0.4, 0.5) is 0 Å². The molecule has 120 valence electrons. The largest absolute Gasteiger partial charge is 0.466 e. The number of nitrogens with one attached hydrogen (secondary N) is 2. The van der Waals surface area contributed by atoms with Gasteiger partial charge in [0.1, 0.15) is 0 Å². The first-order chi connectivity index (χ1) is 10.4. The molecular formula is C14H16Cl2N2O3S. The topological polar surface area (TPSA) is 67.4 Å². The van der Waals surface area contributed by atoms with E-state index in [1.54, 1.807) is 25.1 Å². The van der Waals surface area contributed by atoms with E-state index in [4.69, 9.17) is 40.2 Å². The van der Waals surface area contributed by atoms with Gasteiger partial charge < -0.3 is 15.4 Å². The summed E-state index contributed by atoms with van der Waals surface area (Å²) in [6.45, 7) is 2.36. The van der Waals surface area contributed by atoms with E-state index >= 15 is 0 Å². The van der Waals surface area contributed by atoms with Crippen molar-refractivity contribution in [3.05, 3.63) is 33.8 Å². The minimum absolute atomic E-state index is 0.0162. The van der Waals surface area contributed by atoms with Crippen molar-refractivity contribution < 1.29 is 14.3 Å². The summed E-state index contributed by atoms with van der Waals surface area (Å²) >= 11 is 16.8. The summed E-state index contributed by atoms with van der Waals surface area (Å²) in [5, 5.41) is 6.56. The van der Waals surface area contributed by atoms with Crippen molar-refractivity contribution in [1.82, 2.24) is 10.6 Å². The summed E-state index contributed by atoms with van der Waals surface area (Å²) in [7, 11) is 0. The summed E-state index contributed by atoms with van der Waals surface area (Å²) in [6.07, 6.45) is 0.0354. The number of benzene rings is 1. The second-order valence-corrected chi connectivity index (χ2v) is 5.52. The molecule has 0 bridgehead atoms. The quantitative estimate of drug-likeness (QED) is 0.601. The van der Waals surface area contributed by atoms with Gasteiger partial charge in [0.2, 0.25) is 5.91 Å². The van der Waals surface area contributed by atoms with E-state index in [2.05, 4.69) is 10.6 Å². The SMILES string of the molecule is CCOC(=O)CCC(=O)NC(=S)NCc1ccc(Cl)cc1Cl. The van der Waals surface area contributed by atoms with Crippen LogP contribution in [0.25, 0.3) is 0 Å². The Bertz CT molecular complexity index is 567. The average Bonchev–Trinajstić information content (AvgIpc) is 2.44. The van der Waals surface area contributed by atoms with Crippen LogP contribution in [0.2, 0.25) is 10.0 Å². The number of esters is 1. The third kappa shape index (κ3) is 7.06. The first-order valence-electron chi connectivity index (χ1n) is 6.59. The maximum Gasteiger partial charge on any atom is 0.306 e. The maximum atomic E-state index is 11.6. The summed E-state index contributed by atoms with van der Waals surface area (Å²) < 4.78 is 4.73. The van der Waals surface area contributed by atoms with Gasteiger partial charge in [0.05, 0.1) is 13.0 Å². The summed E-state index contributed by atoms with van der Waals surface area (Å²) in [6, 6.07) is 5.11. The predicted molar refractivity (Wildman–Crippen MR) is 89.9 cm³/mol. The van der Waals surface area contributed by atoms with Gasteiger partial charge in [-0.3, -0.25) is 9.59 Å². The molecule has 0 saturated carbocycles. The minimum atomic E-state index is -0.413. The number of ether oxygens (including phenoxy) is 1. The van der Waals surface area contributed by atoms with E-state index in [0.29, 0.717) is 23.2 Å². The number of amides is 1. The molecular weight excluding hydrogens is 347 g/mol. The van der Waals surface area contributed by atoms with E-state index in [1.165, 1.54) is 0 Å². The van der Waals surface area contributed by atoms with E-state index < -0.39 is 5.97 Å². The van der Waals surface area contributed by atoms with Crippen LogP contribution in [-0.4, -0.2) is 23.6 Å². The Balaban J connectivity index is 2.33. The van der Waals surface area contributed by atoms with E-state index in [9.17, 15) is 9.59 Å². The molecule has 2 N–H and O–H groups in total. The van der Waals surface area contributed by atoms with Gasteiger partial charge in [0, 0.05) is 23.0 Å². The van der Waals surface area contributed by atoms with Crippen LogP contribution in [0.15, 0.2) is 18.2 Å². The van der Waals surface area contributed by atoms with Crippen molar-refractivity contribution in [3.8, 4) is 0 Å². The highest BCUT2D eigenvalue weighted by atomic mass is 35.5. The Morgan fingerprint density at radius 1 is 1.27 bits per heavy atom. The Labute approximate surface area is 144 Å². The fraction of sp³-hybridized carbons (Fsp3) is 0.357. The van der Waals surface area contributed by atoms with Crippen molar-refractivity contribution in [2.45, 2.75) is 26.3 Å². The Morgan fingerprint density at radius 2 is 2.00 bits per heavy atom. The van der Waals surface area contributed by atoms with Gasteiger partial charge in [0.25, 0.3) is 0 Å². The highest BCUT2D eigenvalue weighted by molar-refractivity contribution is 7.80. The molecule has 5 nitrogen and oxygen atoms in total. The van der Waals surface area contributed by atoms with Gasteiger partial charge in [-0.1, -0.05) is 29.3 Å². The number of hydrogen-bond acceptors (Lipinski definition) is 4. The molecule has 0 aliphatic rings. The molecule has 0 aliphatic heterocycles. The molecule has 0 fully saturated rings. The zero-order valence-electron chi connectivity index (χ0n) is 11.9. The van der Waals surface area contributed by atoms with Crippen molar-refractivity contribution in [2.75, 3.05) is 6.61 Å². The van der Waals surface area contributed by atoms with Crippen molar-refractivity contribution >= 4 is 52.4 Å². The lowest BCUT2D eigenvalue weighted by molar-refractivity contribution is -0.144. The summed E-state index contributed by atoms with van der Waals surface area (Å²) in [5.74, 6) is -0.766. The number of rotatable bonds is 6. The Kier molecular flexibility index (Phi) is 8.16. The molecule has 1 rings (SSSR count). The Morgan fingerprint density at radius 3 is 2.64 bits per heavy atom. The van der Waals surface area contributed by atoms with Crippen LogP contribution in [0, 0.1) is 0 Å². The van der Waals surface area contributed by atoms with Gasteiger partial charge in [0.15, 0.2) is 5.11 Å². The van der Waals surface area contributed by atoms with E-state index in [-0.39, 0.29) is 23.9 Å². The lowest BCUT2D eigenvalue weighted by Crippen LogP contribution is -2.39. The molecule has 0 radical (unpaired) electrons. The first kappa shape index (κ1) is 18.7. The predicted octanol–water partition coefficient (Wildman–Crippen LogP) is 2.83. The number of carbonyl (C=O) groups excluding carboxylic acids is 2. The molecule has 1 amide bonds. The van der Waals surface area contributed by atoms with Gasteiger partial charge >= 0.3 is 5.97 Å². The lowest BCUT2D eigenvalue weighted by Gasteiger charge is -2.10. The van der Waals surface area contributed by atoms with Gasteiger partial charge in [-0.15, -0.1) is 0 Å². The van der Waals surface area contributed by atoms with Crippen LogP contribution in [0.1, 0.15) is 25.3 Å². The second-order valence-electron chi connectivity index (χ2n) is 4.27. The maximum absolute atomic E-state index is 11.6. The molecule has 0 atom stereocenters. The smallest absolute Gasteiger partial charge is 0.306 e. The average molecular weight is 363 g/mol. The molecule has 1 aromatic carbocycles. The van der Waals surface area contributed by atoms with Crippen LogP contribution in [0.5, 0.6) is 0 Å². The van der Waals surface area contributed by atoms with Crippen LogP contribution >= 0.6 is 35.4 Å². The molecule has 0 aliphatic carbocycles. The summed E-state index contributed by atoms with van der Waals surface area (Å²) in [5.41, 5.74) is 0.800. The number of thiocarbonyl (C=S) groups is 1. The molecule has 0 heterocycles. The zero-order chi connectivity index (χ0) is 16.5. The molecule has 1 aromatic rings. The lowest BCUT2D eigenvalue weighted by atomic mass is 10.2. The zero-order valence-corrected chi connectivity index (χ0v) is 14.3. The van der Waals surface area contributed by atoms with Crippen molar-refractivity contribution in [2.24, 2.45) is 0 Å². The molecule has 8 heteroatoms. The fourth-order valence-corrected chi connectivity index (χ4v) is 2.18. The number of hydrogen-bond donors (Lipinski definition) is 2. The monoisotopic (exact) mass is 362 g/mol. The van der Waals surface area contributed by atoms with Crippen LogP contribution in [0.3, 0.4) is 0 Å². The fourth-order valence-electron chi connectivity index (χ4n) is 1.52. The van der Waals surface area contributed by atoms with Gasteiger partial charge in [-0.05, 0) is 36.8 Å². The van der Waals surface area contributed by atoms with Crippen LogP contribution < -0.4 is 10.6 Å². The van der Waals surface area contributed by atoms with Crippen molar-refractivity contribution in [1.29, 1.82) is 0 Å². The van der Waals surface area contributed by atoms with Gasteiger partial charge in [-0.25, -0.2) is 0 Å². The standard InChI is InChI=1S/C14H16Cl2N2O3S/c1-2-21-13(20)6-5-12(19)18-14(22)17-8-9-3-4-10(15)7-11(9)16/h3-4,7H,2,5-6,8H2,1H3,(H2,17,18,19,22). The number of halogens is 2.